The van der Waals surface area contributed by atoms with E-state index in [4.69, 9.17) is 0 Å². The summed E-state index contributed by atoms with van der Waals surface area (Å²) in [6, 6.07) is 3.12. The van der Waals surface area contributed by atoms with E-state index in [0.29, 0.717) is 18.7 Å². The summed E-state index contributed by atoms with van der Waals surface area (Å²) in [7, 11) is 0. The molecule has 1 aromatic heterocycles. The average Bonchev–Trinajstić information content (AvgIpc) is 2.36. The number of nitrogens with one attached hydrogen (secondary N) is 1. The molecule has 7 heteroatoms. The Morgan fingerprint density at radius 1 is 1.40 bits per heavy atom. The third-order valence-corrected chi connectivity index (χ3v) is 2.51. The molecule has 4 nitrogen and oxygen atoms in total. The van der Waals surface area contributed by atoms with E-state index in [2.05, 4.69) is 10.3 Å². The van der Waals surface area contributed by atoms with Crippen molar-refractivity contribution in [3.8, 4) is 0 Å². The molecule has 0 radical (unpaired) electrons. The van der Waals surface area contributed by atoms with Gasteiger partial charge in [0.25, 0.3) is 5.91 Å². The van der Waals surface area contributed by atoms with Gasteiger partial charge in [-0.05, 0) is 25.5 Å². The first-order valence-corrected chi connectivity index (χ1v) is 6.43. The molecule has 0 aliphatic rings. The first-order valence-electron chi connectivity index (χ1n) is 6.43. The molecule has 1 rings (SSSR count). The topological polar surface area (TPSA) is 45.2 Å². The Balaban J connectivity index is 2.91. The highest BCUT2D eigenvalue weighted by molar-refractivity contribution is 5.93. The molecule has 1 heterocycles. The Hall–Kier alpha value is -1.79. The second-order valence-electron chi connectivity index (χ2n) is 4.30. The van der Waals surface area contributed by atoms with Gasteiger partial charge in [-0.25, -0.2) is 0 Å². The van der Waals surface area contributed by atoms with Gasteiger partial charge in [0.1, 0.15) is 12.2 Å². The predicted octanol–water partition coefficient (Wildman–Crippen LogP) is 2.93. The van der Waals surface area contributed by atoms with E-state index in [1.54, 1.807) is 13.0 Å². The van der Waals surface area contributed by atoms with Gasteiger partial charge in [0.05, 0.1) is 0 Å². The van der Waals surface area contributed by atoms with Gasteiger partial charge >= 0.3 is 6.18 Å². The van der Waals surface area contributed by atoms with Crippen LogP contribution in [-0.2, 0) is 0 Å². The molecule has 0 fully saturated rings. The Morgan fingerprint density at radius 2 is 2.10 bits per heavy atom. The number of rotatable bonds is 6. The van der Waals surface area contributed by atoms with Crippen molar-refractivity contribution >= 4 is 11.6 Å². The van der Waals surface area contributed by atoms with Gasteiger partial charge in [0.15, 0.2) is 0 Å². The van der Waals surface area contributed by atoms with E-state index in [9.17, 15) is 18.0 Å². The second kappa shape index (κ2) is 7.12. The van der Waals surface area contributed by atoms with E-state index >= 15 is 0 Å². The zero-order valence-electron chi connectivity index (χ0n) is 11.5. The zero-order valence-corrected chi connectivity index (χ0v) is 11.5. The normalized spacial score (nSPS) is 11.2. The van der Waals surface area contributed by atoms with Crippen LogP contribution in [0, 0.1) is 0 Å². The van der Waals surface area contributed by atoms with Crippen LogP contribution in [0.5, 0.6) is 0 Å². The van der Waals surface area contributed by atoms with Crippen LogP contribution in [0.4, 0.5) is 18.9 Å². The van der Waals surface area contributed by atoms with Crippen molar-refractivity contribution in [2.45, 2.75) is 26.4 Å². The third kappa shape index (κ3) is 5.07. The van der Waals surface area contributed by atoms with Crippen molar-refractivity contribution in [3.05, 3.63) is 24.0 Å². The summed E-state index contributed by atoms with van der Waals surface area (Å²) in [5.41, 5.74) is 0.676. The number of aromatic nitrogens is 1. The number of carbonyl (C=O) groups is 1. The van der Waals surface area contributed by atoms with E-state index in [1.807, 2.05) is 6.92 Å². The molecule has 0 aliphatic heterocycles. The highest BCUT2D eigenvalue weighted by Crippen LogP contribution is 2.18. The fourth-order valence-electron chi connectivity index (χ4n) is 1.76. The maximum absolute atomic E-state index is 12.5. The lowest BCUT2D eigenvalue weighted by molar-refractivity contribution is -0.140. The van der Waals surface area contributed by atoms with Crippen molar-refractivity contribution in [3.63, 3.8) is 0 Å². The molecule has 0 aromatic carbocycles. The maximum atomic E-state index is 12.5. The average molecular weight is 289 g/mol. The van der Waals surface area contributed by atoms with Crippen LogP contribution in [-0.4, -0.2) is 41.6 Å². The van der Waals surface area contributed by atoms with Gasteiger partial charge < -0.3 is 10.2 Å². The molecule has 1 amide bonds. The number of anilines is 1. The minimum Gasteiger partial charge on any atom is -0.385 e. The molecule has 0 saturated heterocycles. The van der Waals surface area contributed by atoms with Gasteiger partial charge in [-0.15, -0.1) is 0 Å². The van der Waals surface area contributed by atoms with Gasteiger partial charge in [-0.1, -0.05) is 6.92 Å². The third-order valence-electron chi connectivity index (χ3n) is 2.51. The summed E-state index contributed by atoms with van der Waals surface area (Å²) >= 11 is 0. The lowest BCUT2D eigenvalue weighted by atomic mass is 10.2. The summed E-state index contributed by atoms with van der Waals surface area (Å²) in [4.78, 5) is 16.7. The van der Waals surface area contributed by atoms with E-state index in [-0.39, 0.29) is 12.2 Å². The molecule has 1 aromatic rings. The lowest BCUT2D eigenvalue weighted by Gasteiger charge is -2.23. The minimum atomic E-state index is -4.41. The molecular weight excluding hydrogens is 271 g/mol. The van der Waals surface area contributed by atoms with E-state index in [0.717, 1.165) is 4.90 Å². The van der Waals surface area contributed by atoms with E-state index in [1.165, 1.54) is 12.3 Å². The molecule has 0 aliphatic carbocycles. The van der Waals surface area contributed by atoms with Crippen molar-refractivity contribution in [2.75, 3.05) is 25.0 Å². The number of nitrogens with zero attached hydrogens (tertiary/aromatic N) is 2. The molecule has 0 atom stereocenters. The van der Waals surface area contributed by atoms with Gasteiger partial charge in [0.2, 0.25) is 0 Å². The number of halogens is 3. The maximum Gasteiger partial charge on any atom is 0.406 e. The summed E-state index contributed by atoms with van der Waals surface area (Å²) < 4.78 is 37.4. The first kappa shape index (κ1) is 16.3. The molecule has 112 valence electrons. The minimum absolute atomic E-state index is 0.0150. The van der Waals surface area contributed by atoms with Crippen molar-refractivity contribution in [2.24, 2.45) is 0 Å². The molecular formula is C13H18F3N3O. The van der Waals surface area contributed by atoms with E-state index < -0.39 is 18.6 Å². The smallest absolute Gasteiger partial charge is 0.385 e. The highest BCUT2D eigenvalue weighted by Gasteiger charge is 2.33. The predicted molar refractivity (Wildman–Crippen MR) is 70.7 cm³/mol. The van der Waals surface area contributed by atoms with Crippen LogP contribution in [0.15, 0.2) is 18.3 Å². The number of amides is 1. The molecule has 0 spiro atoms. The SMILES string of the molecule is CCCN(CC(F)(F)F)C(=O)c1cc(NCC)ccn1. The van der Waals surface area contributed by atoms with Gasteiger partial charge in [-0.2, -0.15) is 13.2 Å². The monoisotopic (exact) mass is 289 g/mol. The van der Waals surface area contributed by atoms with Gasteiger partial charge in [0, 0.05) is 25.0 Å². The Morgan fingerprint density at radius 3 is 2.65 bits per heavy atom. The largest absolute Gasteiger partial charge is 0.406 e. The number of alkyl halides is 3. The molecule has 0 unspecified atom stereocenters. The van der Waals surface area contributed by atoms with Crippen LogP contribution in [0.3, 0.4) is 0 Å². The highest BCUT2D eigenvalue weighted by atomic mass is 19.4. The van der Waals surface area contributed by atoms with Crippen molar-refractivity contribution < 1.29 is 18.0 Å². The summed E-state index contributed by atoms with van der Waals surface area (Å²) in [5, 5.41) is 2.99. The Bertz CT molecular complexity index is 449. The molecule has 0 bridgehead atoms. The summed E-state index contributed by atoms with van der Waals surface area (Å²) in [5.74, 6) is -0.705. The number of hydrogen-bond donors (Lipinski definition) is 1. The van der Waals surface area contributed by atoms with Crippen LogP contribution in [0.25, 0.3) is 0 Å². The second-order valence-corrected chi connectivity index (χ2v) is 4.30. The Kier molecular flexibility index (Phi) is 5.79. The standard InChI is InChI=1S/C13H18F3N3O/c1-3-7-19(9-13(14,15)16)12(20)11-8-10(17-4-2)5-6-18-11/h5-6,8H,3-4,7,9H2,1-2H3,(H,17,18). The lowest BCUT2D eigenvalue weighted by Crippen LogP contribution is -2.39. The number of pyridine rings is 1. The molecule has 0 saturated carbocycles. The van der Waals surface area contributed by atoms with Crippen LogP contribution in [0.1, 0.15) is 30.8 Å². The fraction of sp³-hybridized carbons (Fsp3) is 0.538. The number of carbonyl (C=O) groups excluding carboxylic acids is 1. The fourth-order valence-corrected chi connectivity index (χ4v) is 1.76. The van der Waals surface area contributed by atoms with Crippen LogP contribution in [0.2, 0.25) is 0 Å². The summed E-state index contributed by atoms with van der Waals surface area (Å²) in [6.45, 7) is 3.05. The molecule has 20 heavy (non-hydrogen) atoms. The molecule has 1 N–H and O–H groups in total. The van der Waals surface area contributed by atoms with Crippen LogP contribution < -0.4 is 5.32 Å². The number of hydrogen-bond acceptors (Lipinski definition) is 3. The van der Waals surface area contributed by atoms with Crippen molar-refractivity contribution in [1.29, 1.82) is 0 Å². The van der Waals surface area contributed by atoms with Gasteiger partial charge in [-0.3, -0.25) is 9.78 Å². The Labute approximate surface area is 116 Å². The first-order chi connectivity index (χ1) is 9.37. The van der Waals surface area contributed by atoms with Crippen LogP contribution >= 0.6 is 0 Å². The quantitative estimate of drug-likeness (QED) is 0.875. The zero-order chi connectivity index (χ0) is 15.2. The van der Waals surface area contributed by atoms with Crippen molar-refractivity contribution in [1.82, 2.24) is 9.88 Å². The summed E-state index contributed by atoms with van der Waals surface area (Å²) in [6.07, 6.45) is -2.55.